The second kappa shape index (κ2) is 8.79. The first kappa shape index (κ1) is 20.9. The van der Waals surface area contributed by atoms with E-state index in [4.69, 9.17) is 4.74 Å². The zero-order chi connectivity index (χ0) is 22.0. The molecule has 0 radical (unpaired) electrons. The molecule has 1 aromatic heterocycles. The molecule has 1 N–H and O–H groups in total. The summed E-state index contributed by atoms with van der Waals surface area (Å²) in [7, 11) is 1.57. The van der Waals surface area contributed by atoms with Crippen LogP contribution in [0.1, 0.15) is 43.1 Å². The van der Waals surface area contributed by atoms with Gasteiger partial charge in [-0.3, -0.25) is 24.6 Å². The van der Waals surface area contributed by atoms with Crippen LogP contribution in [0.5, 0.6) is 0 Å². The minimum atomic E-state index is -0.387. The van der Waals surface area contributed by atoms with E-state index in [2.05, 4.69) is 10.3 Å². The second-order valence-electron chi connectivity index (χ2n) is 7.23. The predicted octanol–water partition coefficient (Wildman–Crippen LogP) is 4.00. The summed E-state index contributed by atoms with van der Waals surface area (Å²) in [6.07, 6.45) is 0.558. The largest absolute Gasteiger partial charge is 0.385 e. The molecule has 7 nitrogen and oxygen atoms in total. The molecule has 31 heavy (non-hydrogen) atoms. The number of hydrogen-bond acceptors (Lipinski definition) is 6. The maximum Gasteiger partial charge on any atom is 0.261 e. The van der Waals surface area contributed by atoms with Gasteiger partial charge in [-0.2, -0.15) is 0 Å². The molecule has 3 aromatic rings. The minimum Gasteiger partial charge on any atom is -0.385 e. The molecule has 1 aliphatic heterocycles. The molecule has 0 aliphatic carbocycles. The zero-order valence-electron chi connectivity index (χ0n) is 17.2. The molecule has 8 heteroatoms. The number of anilines is 1. The third kappa shape index (κ3) is 4.26. The van der Waals surface area contributed by atoms with Gasteiger partial charge in [-0.05, 0) is 31.5 Å². The Hall–Kier alpha value is -3.36. The number of imide groups is 1. The van der Waals surface area contributed by atoms with E-state index >= 15 is 0 Å². The molecule has 0 atom stereocenters. The standard InChI is InChI=1S/C23H21N3O4S/c1-14-4-6-15(7-5-14)19-13-31-23(24-19)25-20(27)16-8-9-17-18(12-16)22(29)26(21(17)28)10-3-11-30-2/h4-9,12-13H,3,10-11H2,1-2H3,(H,24,25,27). The monoisotopic (exact) mass is 435 g/mol. The van der Waals surface area contributed by atoms with Gasteiger partial charge in [0.15, 0.2) is 5.13 Å². The Morgan fingerprint density at radius 3 is 2.58 bits per heavy atom. The maximum atomic E-state index is 12.7. The second-order valence-corrected chi connectivity index (χ2v) is 8.08. The van der Waals surface area contributed by atoms with Crippen molar-refractivity contribution >= 4 is 34.2 Å². The minimum absolute atomic E-state index is 0.245. The lowest BCUT2D eigenvalue weighted by Gasteiger charge is -2.12. The van der Waals surface area contributed by atoms with Crippen molar-refractivity contribution in [2.45, 2.75) is 13.3 Å². The van der Waals surface area contributed by atoms with Crippen LogP contribution in [0.4, 0.5) is 5.13 Å². The first-order chi connectivity index (χ1) is 15.0. The predicted molar refractivity (Wildman–Crippen MR) is 119 cm³/mol. The van der Waals surface area contributed by atoms with Gasteiger partial charge < -0.3 is 4.74 Å². The maximum absolute atomic E-state index is 12.7. The van der Waals surface area contributed by atoms with E-state index in [-0.39, 0.29) is 29.8 Å². The van der Waals surface area contributed by atoms with Gasteiger partial charge in [-0.25, -0.2) is 4.98 Å². The zero-order valence-corrected chi connectivity index (χ0v) is 18.0. The molecule has 2 aromatic carbocycles. The number of methoxy groups -OCH3 is 1. The number of carbonyl (C=O) groups is 3. The van der Waals surface area contributed by atoms with Crippen LogP contribution in [-0.4, -0.2) is 47.9 Å². The number of rotatable bonds is 7. The number of amides is 3. The van der Waals surface area contributed by atoms with Gasteiger partial charge in [0, 0.05) is 36.8 Å². The number of ether oxygens (including phenoxy) is 1. The lowest BCUT2D eigenvalue weighted by atomic mass is 10.1. The average Bonchev–Trinajstić information content (AvgIpc) is 3.32. The molecule has 0 bridgehead atoms. The van der Waals surface area contributed by atoms with Crippen molar-refractivity contribution in [3.8, 4) is 11.3 Å². The van der Waals surface area contributed by atoms with Gasteiger partial charge in [0.2, 0.25) is 0 Å². The molecule has 1 aliphatic rings. The van der Waals surface area contributed by atoms with Gasteiger partial charge in [0.05, 0.1) is 16.8 Å². The molecule has 0 fully saturated rings. The summed E-state index contributed by atoms with van der Waals surface area (Å²) >= 11 is 1.33. The molecular weight excluding hydrogens is 414 g/mol. The van der Waals surface area contributed by atoms with Gasteiger partial charge in [-0.15, -0.1) is 11.3 Å². The summed E-state index contributed by atoms with van der Waals surface area (Å²) in [6, 6.07) is 12.5. The molecule has 0 spiro atoms. The van der Waals surface area contributed by atoms with Gasteiger partial charge >= 0.3 is 0 Å². The number of aryl methyl sites for hydroxylation is 1. The fraction of sp³-hybridized carbons (Fsp3) is 0.217. The third-order valence-electron chi connectivity index (χ3n) is 5.04. The summed E-state index contributed by atoms with van der Waals surface area (Å²) < 4.78 is 4.98. The molecule has 2 heterocycles. The number of thiazole rings is 1. The highest BCUT2D eigenvalue weighted by atomic mass is 32.1. The molecule has 4 rings (SSSR count). The molecule has 0 saturated heterocycles. The molecular formula is C23H21N3O4S. The number of aromatic nitrogens is 1. The summed E-state index contributed by atoms with van der Waals surface area (Å²) in [6.45, 7) is 2.76. The van der Waals surface area contributed by atoms with Gasteiger partial charge in [0.25, 0.3) is 17.7 Å². The van der Waals surface area contributed by atoms with E-state index < -0.39 is 0 Å². The Bertz CT molecular complexity index is 1150. The summed E-state index contributed by atoms with van der Waals surface area (Å²) in [5.74, 6) is -1.11. The number of hydrogen-bond donors (Lipinski definition) is 1. The van der Waals surface area contributed by atoms with Crippen LogP contribution in [-0.2, 0) is 4.74 Å². The lowest BCUT2D eigenvalue weighted by Crippen LogP contribution is -2.31. The van der Waals surface area contributed by atoms with Crippen molar-refractivity contribution in [3.05, 3.63) is 70.1 Å². The van der Waals surface area contributed by atoms with Crippen molar-refractivity contribution in [2.24, 2.45) is 0 Å². The fourth-order valence-electron chi connectivity index (χ4n) is 3.36. The molecule has 0 saturated carbocycles. The van der Waals surface area contributed by atoms with Crippen molar-refractivity contribution in [3.63, 3.8) is 0 Å². The van der Waals surface area contributed by atoms with Crippen LogP contribution < -0.4 is 5.32 Å². The quantitative estimate of drug-likeness (QED) is 0.448. The Morgan fingerprint density at radius 2 is 1.84 bits per heavy atom. The smallest absolute Gasteiger partial charge is 0.261 e. The van der Waals surface area contributed by atoms with Crippen molar-refractivity contribution < 1.29 is 19.1 Å². The summed E-state index contributed by atoms with van der Waals surface area (Å²) in [5, 5.41) is 5.11. The Balaban J connectivity index is 1.48. The Morgan fingerprint density at radius 1 is 1.10 bits per heavy atom. The van der Waals surface area contributed by atoms with E-state index in [0.717, 1.165) is 16.8 Å². The summed E-state index contributed by atoms with van der Waals surface area (Å²) in [4.78, 5) is 43.5. The molecule has 3 amide bonds. The molecule has 0 unspecified atom stereocenters. The van der Waals surface area contributed by atoms with Gasteiger partial charge in [0.1, 0.15) is 0 Å². The van der Waals surface area contributed by atoms with Crippen molar-refractivity contribution in [2.75, 3.05) is 25.6 Å². The van der Waals surface area contributed by atoms with Crippen molar-refractivity contribution in [1.29, 1.82) is 0 Å². The summed E-state index contributed by atoms with van der Waals surface area (Å²) in [5.41, 5.74) is 3.77. The Kier molecular flexibility index (Phi) is 5.92. The SMILES string of the molecule is COCCCN1C(=O)c2ccc(C(=O)Nc3nc(-c4ccc(C)cc4)cs3)cc2C1=O. The van der Waals surface area contributed by atoms with Gasteiger partial charge in [-0.1, -0.05) is 29.8 Å². The van der Waals surface area contributed by atoms with Crippen LogP contribution in [0.2, 0.25) is 0 Å². The van der Waals surface area contributed by atoms with Crippen LogP contribution in [0.15, 0.2) is 47.8 Å². The average molecular weight is 436 g/mol. The van der Waals surface area contributed by atoms with E-state index in [0.29, 0.717) is 29.3 Å². The van der Waals surface area contributed by atoms with Crippen molar-refractivity contribution in [1.82, 2.24) is 9.88 Å². The highest BCUT2D eigenvalue weighted by molar-refractivity contribution is 7.14. The number of nitrogens with one attached hydrogen (secondary N) is 1. The van der Waals surface area contributed by atoms with Crippen LogP contribution in [0, 0.1) is 6.92 Å². The van der Waals surface area contributed by atoms with E-state index in [1.807, 2.05) is 36.6 Å². The number of carbonyl (C=O) groups excluding carboxylic acids is 3. The first-order valence-corrected chi connectivity index (χ1v) is 10.7. The van der Waals surface area contributed by atoms with Crippen LogP contribution in [0.3, 0.4) is 0 Å². The fourth-order valence-corrected chi connectivity index (χ4v) is 4.07. The van der Waals surface area contributed by atoms with E-state index in [1.54, 1.807) is 13.2 Å². The number of benzene rings is 2. The highest BCUT2D eigenvalue weighted by Crippen LogP contribution is 2.27. The number of fused-ring (bicyclic) bond motifs is 1. The highest BCUT2D eigenvalue weighted by Gasteiger charge is 2.35. The van der Waals surface area contributed by atoms with Crippen LogP contribution >= 0.6 is 11.3 Å². The lowest BCUT2D eigenvalue weighted by molar-refractivity contribution is 0.0638. The topological polar surface area (TPSA) is 88.6 Å². The third-order valence-corrected chi connectivity index (χ3v) is 5.79. The first-order valence-electron chi connectivity index (χ1n) is 9.81. The van der Waals surface area contributed by atoms with E-state index in [9.17, 15) is 14.4 Å². The molecule has 158 valence electrons. The Labute approximate surface area is 183 Å². The normalized spacial score (nSPS) is 12.9. The van der Waals surface area contributed by atoms with E-state index in [1.165, 1.54) is 28.4 Å². The number of nitrogens with zero attached hydrogens (tertiary/aromatic N) is 2. The van der Waals surface area contributed by atoms with Crippen LogP contribution in [0.25, 0.3) is 11.3 Å².